The van der Waals surface area contributed by atoms with Crippen molar-refractivity contribution in [3.05, 3.63) is 75.2 Å². The van der Waals surface area contributed by atoms with Gasteiger partial charge < -0.3 is 30.6 Å². The summed E-state index contributed by atoms with van der Waals surface area (Å²) in [6.45, 7) is 0. The maximum atomic E-state index is 11.7. The second-order valence-electron chi connectivity index (χ2n) is 5.87. The smallest absolute Gasteiger partial charge is 0.336 e. The summed E-state index contributed by atoms with van der Waals surface area (Å²) in [5.41, 5.74) is -7.04. The zero-order valence-electron chi connectivity index (χ0n) is 15.0. The average Bonchev–Trinajstić information content (AvgIpc) is 2.65. The topological polar surface area (TPSA) is 224 Å². The predicted octanol–water partition coefficient (Wildman–Crippen LogP) is 1.48. The van der Waals surface area contributed by atoms with E-state index >= 15 is 0 Å². The lowest BCUT2D eigenvalue weighted by atomic mass is 9.86. The summed E-state index contributed by atoms with van der Waals surface area (Å²) in [6.07, 6.45) is 0.526. The molecule has 2 aromatic carbocycles. The van der Waals surface area contributed by atoms with Gasteiger partial charge in [-0.05, 0) is 35.4 Å². The Balaban J connectivity index is 3.02. The summed E-state index contributed by atoms with van der Waals surface area (Å²) in [7, 11) is 0. The van der Waals surface area contributed by atoms with Crippen LogP contribution < -0.4 is 0 Å². The quantitative estimate of drug-likeness (QED) is 0.349. The molecule has 0 bridgehead atoms. The minimum atomic E-state index is -1.89. The first-order valence-corrected chi connectivity index (χ1v) is 7.97. The molecule has 159 valence electrons. The fraction of sp³-hybridized carbons (Fsp3) is 0. The number of hydrogen-bond acceptors (Lipinski definition) is 6. The third-order valence-electron chi connectivity index (χ3n) is 4.13. The van der Waals surface area contributed by atoms with E-state index in [0.29, 0.717) is 18.6 Å². The molecule has 2 aromatic rings. The van der Waals surface area contributed by atoms with Crippen LogP contribution in [0, 0.1) is 6.42 Å². The van der Waals surface area contributed by atoms with Crippen molar-refractivity contribution in [3.8, 4) is 0 Å². The normalized spacial score (nSPS) is 10.3. The monoisotopic (exact) mass is 431 g/mol. The van der Waals surface area contributed by atoms with Crippen molar-refractivity contribution in [2.75, 3.05) is 0 Å². The van der Waals surface area contributed by atoms with E-state index in [2.05, 4.69) is 0 Å². The van der Waals surface area contributed by atoms with Crippen LogP contribution in [-0.2, 0) is 0 Å². The second kappa shape index (κ2) is 8.32. The maximum absolute atomic E-state index is 11.7. The molecule has 12 heteroatoms. The van der Waals surface area contributed by atoms with Crippen molar-refractivity contribution in [1.82, 2.24) is 0 Å². The van der Waals surface area contributed by atoms with Gasteiger partial charge in [-0.3, -0.25) is 0 Å². The van der Waals surface area contributed by atoms with Gasteiger partial charge in [-0.15, -0.1) is 0 Å². The first-order chi connectivity index (χ1) is 14.4. The molecule has 0 saturated carbocycles. The molecule has 0 fully saturated rings. The standard InChI is InChI=1S/C19H11O12/c20-14(21)6-1-3-8(16(24)25)12(18(28)29)10(6)5-11-7(15(22)23)2-4-9(17(26)27)13(11)19(30)31/h1-5H,(H,20,21)(H,22,23)(H,24,25)(H,26,27)(H,28,29)(H,30,31). The van der Waals surface area contributed by atoms with E-state index in [1.54, 1.807) is 0 Å². The Morgan fingerprint density at radius 2 is 0.710 bits per heavy atom. The van der Waals surface area contributed by atoms with Gasteiger partial charge in [0.25, 0.3) is 0 Å². The minimum absolute atomic E-state index is 0.526. The van der Waals surface area contributed by atoms with Crippen molar-refractivity contribution >= 4 is 35.8 Å². The molecule has 0 unspecified atom stereocenters. The molecule has 31 heavy (non-hydrogen) atoms. The van der Waals surface area contributed by atoms with Crippen LogP contribution in [0.3, 0.4) is 0 Å². The van der Waals surface area contributed by atoms with Gasteiger partial charge in [-0.2, -0.15) is 0 Å². The molecular formula is C19H11O12. The van der Waals surface area contributed by atoms with E-state index in [1.165, 1.54) is 0 Å². The fourth-order valence-corrected chi connectivity index (χ4v) is 2.87. The Hall–Kier alpha value is -4.74. The second-order valence-corrected chi connectivity index (χ2v) is 5.87. The molecule has 0 aliphatic rings. The number of carbonyl (C=O) groups is 6. The Kier molecular flexibility index (Phi) is 6.05. The van der Waals surface area contributed by atoms with E-state index in [0.717, 1.165) is 12.1 Å². The fourth-order valence-electron chi connectivity index (χ4n) is 2.87. The van der Waals surface area contributed by atoms with Gasteiger partial charge in [0.05, 0.1) is 33.4 Å². The third-order valence-corrected chi connectivity index (χ3v) is 4.13. The molecule has 1 radical (unpaired) electrons. The van der Waals surface area contributed by atoms with E-state index in [4.69, 9.17) is 0 Å². The lowest BCUT2D eigenvalue weighted by Crippen LogP contribution is -2.19. The summed E-state index contributed by atoms with van der Waals surface area (Å²) in [5, 5.41) is 56.2. The van der Waals surface area contributed by atoms with Crippen LogP contribution in [0.5, 0.6) is 0 Å². The van der Waals surface area contributed by atoms with Crippen LogP contribution in [0.4, 0.5) is 0 Å². The van der Waals surface area contributed by atoms with Gasteiger partial charge in [0.1, 0.15) is 0 Å². The summed E-state index contributed by atoms with van der Waals surface area (Å²) >= 11 is 0. The highest BCUT2D eigenvalue weighted by molar-refractivity contribution is 6.09. The minimum Gasteiger partial charge on any atom is -0.478 e. The largest absolute Gasteiger partial charge is 0.478 e. The van der Waals surface area contributed by atoms with Crippen LogP contribution in [0.2, 0.25) is 0 Å². The Morgan fingerprint density at radius 1 is 0.452 bits per heavy atom. The van der Waals surface area contributed by atoms with Gasteiger partial charge in [-0.1, -0.05) is 0 Å². The van der Waals surface area contributed by atoms with Gasteiger partial charge in [0, 0.05) is 6.42 Å². The average molecular weight is 431 g/mol. The summed E-state index contributed by atoms with van der Waals surface area (Å²) < 4.78 is 0. The Morgan fingerprint density at radius 3 is 0.935 bits per heavy atom. The van der Waals surface area contributed by atoms with Crippen molar-refractivity contribution < 1.29 is 59.4 Å². The summed E-state index contributed by atoms with van der Waals surface area (Å²) in [4.78, 5) is 69.5. The van der Waals surface area contributed by atoms with Crippen LogP contribution >= 0.6 is 0 Å². The van der Waals surface area contributed by atoms with Gasteiger partial charge >= 0.3 is 35.8 Å². The van der Waals surface area contributed by atoms with Crippen LogP contribution in [0.25, 0.3) is 0 Å². The number of carboxylic acid groups (broad SMARTS) is 6. The Labute approximate surface area is 171 Å². The predicted molar refractivity (Wildman–Crippen MR) is 97.1 cm³/mol. The zero-order valence-corrected chi connectivity index (χ0v) is 15.0. The highest BCUT2D eigenvalue weighted by atomic mass is 16.4. The van der Waals surface area contributed by atoms with Crippen molar-refractivity contribution in [2.45, 2.75) is 0 Å². The number of aromatic carboxylic acids is 6. The molecule has 0 spiro atoms. The summed E-state index contributed by atoms with van der Waals surface area (Å²) in [6, 6.07) is 2.89. The number of benzene rings is 2. The molecular weight excluding hydrogens is 420 g/mol. The van der Waals surface area contributed by atoms with E-state index in [1.807, 2.05) is 0 Å². The van der Waals surface area contributed by atoms with Crippen LogP contribution in [0.15, 0.2) is 24.3 Å². The lowest BCUT2D eigenvalue weighted by Gasteiger charge is -2.16. The molecule has 12 nitrogen and oxygen atoms in total. The lowest BCUT2D eigenvalue weighted by molar-refractivity contribution is 0.0647. The molecule has 6 N–H and O–H groups in total. The molecule has 2 rings (SSSR count). The molecule has 0 aromatic heterocycles. The molecule has 0 saturated heterocycles. The van der Waals surface area contributed by atoms with E-state index < -0.39 is 80.3 Å². The van der Waals surface area contributed by atoms with Gasteiger partial charge in [-0.25, -0.2) is 28.8 Å². The van der Waals surface area contributed by atoms with Gasteiger partial charge in [0.15, 0.2) is 0 Å². The van der Waals surface area contributed by atoms with Crippen LogP contribution in [0.1, 0.15) is 73.3 Å². The van der Waals surface area contributed by atoms with Crippen LogP contribution in [-0.4, -0.2) is 66.5 Å². The first-order valence-electron chi connectivity index (χ1n) is 7.97. The molecule has 0 aliphatic carbocycles. The SMILES string of the molecule is O=C(O)c1ccc(C(=O)O)c(C(=O)O)c1[CH]c1c(C(=O)O)ccc(C(=O)O)c1C(=O)O. The molecule has 0 aliphatic heterocycles. The molecule has 0 heterocycles. The number of rotatable bonds is 8. The van der Waals surface area contributed by atoms with Crippen molar-refractivity contribution in [2.24, 2.45) is 0 Å². The number of carboxylic acids is 6. The highest BCUT2D eigenvalue weighted by Gasteiger charge is 2.30. The Bertz CT molecular complexity index is 1080. The third kappa shape index (κ3) is 4.17. The highest BCUT2D eigenvalue weighted by Crippen LogP contribution is 2.30. The molecule has 0 amide bonds. The van der Waals surface area contributed by atoms with E-state index in [9.17, 15) is 59.4 Å². The maximum Gasteiger partial charge on any atom is 0.336 e. The van der Waals surface area contributed by atoms with Crippen molar-refractivity contribution in [3.63, 3.8) is 0 Å². The first kappa shape index (κ1) is 22.5. The molecule has 0 atom stereocenters. The van der Waals surface area contributed by atoms with Crippen molar-refractivity contribution in [1.29, 1.82) is 0 Å². The zero-order chi connectivity index (χ0) is 23.6. The van der Waals surface area contributed by atoms with E-state index in [-0.39, 0.29) is 0 Å². The van der Waals surface area contributed by atoms with Gasteiger partial charge in [0.2, 0.25) is 0 Å². The number of hydrogen-bond donors (Lipinski definition) is 6. The summed E-state index contributed by atoms with van der Waals surface area (Å²) in [5.74, 6) is -10.7.